The van der Waals surface area contributed by atoms with E-state index in [1.807, 2.05) is 13.8 Å². The van der Waals surface area contributed by atoms with Crippen molar-refractivity contribution in [2.75, 3.05) is 19.7 Å². The van der Waals surface area contributed by atoms with Gasteiger partial charge in [0.25, 0.3) is 0 Å². The monoisotopic (exact) mass is 361 g/mol. The van der Waals surface area contributed by atoms with Crippen LogP contribution < -0.4 is 4.74 Å². The maximum absolute atomic E-state index is 12.8. The highest BCUT2D eigenvalue weighted by atomic mass is 35.5. The van der Waals surface area contributed by atoms with Crippen molar-refractivity contribution in [2.24, 2.45) is 0 Å². The minimum atomic E-state index is -3.58. The fourth-order valence-electron chi connectivity index (χ4n) is 2.56. The van der Waals surface area contributed by atoms with Crippen molar-refractivity contribution in [3.05, 3.63) is 23.2 Å². The SMILES string of the molecule is CCCCOc1cc(S(=O)(=O)N2C[C@@H](C)O[C@@H](C)C2)ccc1Cl. The Morgan fingerprint density at radius 3 is 2.57 bits per heavy atom. The topological polar surface area (TPSA) is 55.8 Å². The van der Waals surface area contributed by atoms with Gasteiger partial charge in [-0.3, -0.25) is 0 Å². The Morgan fingerprint density at radius 2 is 1.96 bits per heavy atom. The van der Waals surface area contributed by atoms with E-state index in [0.29, 0.717) is 30.5 Å². The Hall–Kier alpha value is -0.820. The standard InChI is InChI=1S/C16H24ClNO4S/c1-4-5-8-21-16-9-14(6-7-15(16)17)23(19,20)18-10-12(2)22-13(3)11-18/h6-7,9,12-13H,4-5,8,10-11H2,1-3H3/t12-,13+. The molecule has 0 radical (unpaired) electrons. The molecule has 0 unspecified atom stereocenters. The molecule has 1 aliphatic rings. The zero-order valence-corrected chi connectivity index (χ0v) is 15.4. The maximum Gasteiger partial charge on any atom is 0.243 e. The second-order valence-corrected chi connectivity index (χ2v) is 8.22. The van der Waals surface area contributed by atoms with E-state index in [2.05, 4.69) is 6.92 Å². The Balaban J connectivity index is 2.23. The van der Waals surface area contributed by atoms with Gasteiger partial charge in [0.05, 0.1) is 28.7 Å². The first-order valence-electron chi connectivity index (χ1n) is 7.92. The molecule has 0 amide bonds. The Morgan fingerprint density at radius 1 is 1.30 bits per heavy atom. The van der Waals surface area contributed by atoms with Crippen LogP contribution in [0.1, 0.15) is 33.6 Å². The number of ether oxygens (including phenoxy) is 2. The molecule has 2 atom stereocenters. The van der Waals surface area contributed by atoms with Crippen LogP contribution in [0.2, 0.25) is 5.02 Å². The summed E-state index contributed by atoms with van der Waals surface area (Å²) in [7, 11) is -3.58. The van der Waals surface area contributed by atoms with E-state index in [-0.39, 0.29) is 17.1 Å². The van der Waals surface area contributed by atoms with E-state index in [0.717, 1.165) is 12.8 Å². The third-order valence-corrected chi connectivity index (χ3v) is 5.82. The third kappa shape index (κ3) is 4.59. The van der Waals surface area contributed by atoms with Gasteiger partial charge in [0.2, 0.25) is 10.0 Å². The second kappa shape index (κ2) is 7.83. The predicted molar refractivity (Wildman–Crippen MR) is 90.6 cm³/mol. The summed E-state index contributed by atoms with van der Waals surface area (Å²) < 4.78 is 38.4. The van der Waals surface area contributed by atoms with Crippen LogP contribution in [0.4, 0.5) is 0 Å². The van der Waals surface area contributed by atoms with Crippen molar-refractivity contribution in [1.29, 1.82) is 0 Å². The molecule has 0 N–H and O–H groups in total. The number of unbranched alkanes of at least 4 members (excludes halogenated alkanes) is 1. The van der Waals surface area contributed by atoms with Gasteiger partial charge in [-0.15, -0.1) is 0 Å². The lowest BCUT2D eigenvalue weighted by Crippen LogP contribution is -2.48. The van der Waals surface area contributed by atoms with Gasteiger partial charge in [-0.2, -0.15) is 4.31 Å². The Bertz CT molecular complexity index is 625. The van der Waals surface area contributed by atoms with Gasteiger partial charge in [0.15, 0.2) is 0 Å². The highest BCUT2D eigenvalue weighted by Crippen LogP contribution is 2.30. The molecule has 0 bridgehead atoms. The van der Waals surface area contributed by atoms with Crippen molar-refractivity contribution >= 4 is 21.6 Å². The molecule has 1 aromatic carbocycles. The van der Waals surface area contributed by atoms with Gasteiger partial charge >= 0.3 is 0 Å². The van der Waals surface area contributed by atoms with Crippen LogP contribution in [-0.2, 0) is 14.8 Å². The molecule has 0 saturated carbocycles. The van der Waals surface area contributed by atoms with Crippen molar-refractivity contribution in [3.8, 4) is 5.75 Å². The molecule has 1 fully saturated rings. The van der Waals surface area contributed by atoms with E-state index in [9.17, 15) is 8.42 Å². The molecule has 5 nitrogen and oxygen atoms in total. The summed E-state index contributed by atoms with van der Waals surface area (Å²) in [6.45, 7) is 7.03. The molecule has 2 rings (SSSR count). The fraction of sp³-hybridized carbons (Fsp3) is 0.625. The smallest absolute Gasteiger partial charge is 0.243 e. The van der Waals surface area contributed by atoms with Gasteiger partial charge in [-0.1, -0.05) is 24.9 Å². The van der Waals surface area contributed by atoms with Gasteiger partial charge in [0, 0.05) is 19.2 Å². The van der Waals surface area contributed by atoms with Crippen molar-refractivity contribution in [3.63, 3.8) is 0 Å². The van der Waals surface area contributed by atoms with Crippen LogP contribution in [0.25, 0.3) is 0 Å². The molecule has 0 aromatic heterocycles. The average molecular weight is 362 g/mol. The van der Waals surface area contributed by atoms with E-state index >= 15 is 0 Å². The summed E-state index contributed by atoms with van der Waals surface area (Å²) in [4.78, 5) is 0.203. The zero-order chi connectivity index (χ0) is 17.0. The van der Waals surface area contributed by atoms with Gasteiger partial charge in [-0.05, 0) is 32.4 Å². The molecule has 130 valence electrons. The minimum absolute atomic E-state index is 0.124. The molecule has 1 aliphatic heterocycles. The predicted octanol–water partition coefficient (Wildman–Crippen LogP) is 3.32. The molecular formula is C16H24ClNO4S. The summed E-state index contributed by atoms with van der Waals surface area (Å²) in [6, 6.07) is 4.61. The lowest BCUT2D eigenvalue weighted by molar-refractivity contribution is -0.0440. The summed E-state index contributed by atoms with van der Waals surface area (Å²) >= 11 is 6.10. The number of hydrogen-bond acceptors (Lipinski definition) is 4. The summed E-state index contributed by atoms with van der Waals surface area (Å²) in [5, 5.41) is 0.420. The second-order valence-electron chi connectivity index (χ2n) is 5.87. The highest BCUT2D eigenvalue weighted by Gasteiger charge is 2.32. The Labute approximate surface area is 143 Å². The largest absolute Gasteiger partial charge is 0.492 e. The number of rotatable bonds is 6. The number of nitrogens with zero attached hydrogens (tertiary/aromatic N) is 1. The average Bonchev–Trinajstić information content (AvgIpc) is 2.48. The first-order chi connectivity index (χ1) is 10.8. The number of morpholine rings is 1. The molecular weight excluding hydrogens is 338 g/mol. The first-order valence-corrected chi connectivity index (χ1v) is 9.74. The summed E-state index contributed by atoms with van der Waals surface area (Å²) in [6.07, 6.45) is 1.65. The number of halogens is 1. The minimum Gasteiger partial charge on any atom is -0.492 e. The normalized spacial score (nSPS) is 23.0. The first kappa shape index (κ1) is 18.5. The van der Waals surface area contributed by atoms with Crippen LogP contribution in [0.5, 0.6) is 5.75 Å². The zero-order valence-electron chi connectivity index (χ0n) is 13.8. The molecule has 1 heterocycles. The third-order valence-electron chi connectivity index (χ3n) is 3.68. The Kier molecular flexibility index (Phi) is 6.31. The van der Waals surface area contributed by atoms with Crippen LogP contribution in [-0.4, -0.2) is 44.6 Å². The van der Waals surface area contributed by atoms with Crippen molar-refractivity contribution in [2.45, 2.75) is 50.7 Å². The number of benzene rings is 1. The quantitative estimate of drug-likeness (QED) is 0.729. The van der Waals surface area contributed by atoms with Crippen LogP contribution >= 0.6 is 11.6 Å². The van der Waals surface area contributed by atoms with E-state index in [4.69, 9.17) is 21.1 Å². The van der Waals surface area contributed by atoms with E-state index in [1.54, 1.807) is 6.07 Å². The van der Waals surface area contributed by atoms with E-state index in [1.165, 1.54) is 16.4 Å². The highest BCUT2D eigenvalue weighted by molar-refractivity contribution is 7.89. The maximum atomic E-state index is 12.8. The number of hydrogen-bond donors (Lipinski definition) is 0. The molecule has 0 aliphatic carbocycles. The molecule has 1 aromatic rings. The summed E-state index contributed by atoms with van der Waals surface area (Å²) in [5.74, 6) is 0.413. The van der Waals surface area contributed by atoms with Crippen LogP contribution in [0, 0.1) is 0 Å². The van der Waals surface area contributed by atoms with Crippen LogP contribution in [0.3, 0.4) is 0 Å². The van der Waals surface area contributed by atoms with Crippen molar-refractivity contribution < 1.29 is 17.9 Å². The van der Waals surface area contributed by atoms with Gasteiger partial charge in [-0.25, -0.2) is 8.42 Å². The van der Waals surface area contributed by atoms with Gasteiger partial charge < -0.3 is 9.47 Å². The van der Waals surface area contributed by atoms with Crippen LogP contribution in [0.15, 0.2) is 23.1 Å². The molecule has 0 spiro atoms. The molecule has 23 heavy (non-hydrogen) atoms. The van der Waals surface area contributed by atoms with Crippen molar-refractivity contribution in [1.82, 2.24) is 4.31 Å². The lowest BCUT2D eigenvalue weighted by atomic mass is 10.3. The molecule has 1 saturated heterocycles. The molecule has 7 heteroatoms. The number of sulfonamides is 1. The van der Waals surface area contributed by atoms with Gasteiger partial charge in [0.1, 0.15) is 5.75 Å². The van der Waals surface area contributed by atoms with E-state index < -0.39 is 10.0 Å². The summed E-state index contributed by atoms with van der Waals surface area (Å²) in [5.41, 5.74) is 0. The lowest BCUT2D eigenvalue weighted by Gasteiger charge is -2.34. The fourth-order valence-corrected chi connectivity index (χ4v) is 4.34.